The van der Waals surface area contributed by atoms with E-state index in [0.29, 0.717) is 39.1 Å². The van der Waals surface area contributed by atoms with Crippen molar-refractivity contribution in [1.29, 1.82) is 0 Å². The minimum Gasteiger partial charge on any atom is -0.367 e. The molecule has 0 bridgehead atoms. The number of rotatable bonds is 5. The topological polar surface area (TPSA) is 23.6 Å². The van der Waals surface area contributed by atoms with E-state index in [0.717, 1.165) is 11.6 Å². The van der Waals surface area contributed by atoms with Crippen LogP contribution in [-0.4, -0.2) is 43.4 Å². The summed E-state index contributed by atoms with van der Waals surface area (Å²) < 4.78 is 40.2. The monoisotopic (exact) mass is 354 g/mol. The molecule has 2 aromatic rings. The van der Waals surface area contributed by atoms with Gasteiger partial charge in [0.2, 0.25) is 0 Å². The molecule has 1 aliphatic rings. The molecule has 0 saturated carbocycles. The average Bonchev–Trinajstić information content (AvgIpc) is 3.13. The molecule has 0 radical (unpaired) electrons. The highest BCUT2D eigenvalue weighted by molar-refractivity contribution is 7.08. The van der Waals surface area contributed by atoms with E-state index >= 15 is 0 Å². The quantitative estimate of drug-likeness (QED) is 0.606. The lowest BCUT2D eigenvalue weighted by Gasteiger charge is -2.36. The van der Waals surface area contributed by atoms with Crippen molar-refractivity contribution < 1.29 is 18.0 Å². The van der Waals surface area contributed by atoms with E-state index in [2.05, 4.69) is 4.90 Å². The minimum atomic E-state index is -1.43. The van der Waals surface area contributed by atoms with Gasteiger partial charge in [-0.15, -0.1) is 0 Å². The summed E-state index contributed by atoms with van der Waals surface area (Å²) in [5, 5.41) is 3.72. The zero-order valence-electron chi connectivity index (χ0n) is 13.0. The van der Waals surface area contributed by atoms with Crippen LogP contribution in [0.3, 0.4) is 0 Å². The second kappa shape index (κ2) is 7.36. The molecule has 0 unspecified atom stereocenters. The Hall–Kier alpha value is -1.86. The molecule has 1 fully saturated rings. The van der Waals surface area contributed by atoms with Crippen LogP contribution in [0.2, 0.25) is 0 Å². The molecule has 1 aliphatic heterocycles. The third-order valence-electron chi connectivity index (χ3n) is 4.23. The molecule has 1 saturated heterocycles. The van der Waals surface area contributed by atoms with Gasteiger partial charge in [-0.3, -0.25) is 9.69 Å². The zero-order valence-corrected chi connectivity index (χ0v) is 13.8. The van der Waals surface area contributed by atoms with Crippen LogP contribution in [0, 0.1) is 17.5 Å². The standard InChI is InChI=1S/C17H17F3N2OS/c18-13-1-2-14(17(20)16(13)19)22-8-6-21(7-9-22)5-3-15(23)12-4-10-24-11-12/h1-2,4,10-11H,3,5-9H2. The number of hydrogen-bond acceptors (Lipinski definition) is 4. The van der Waals surface area contributed by atoms with Crippen LogP contribution in [-0.2, 0) is 0 Å². The molecule has 3 rings (SSSR count). The van der Waals surface area contributed by atoms with E-state index in [1.807, 2.05) is 16.8 Å². The molecule has 7 heteroatoms. The first kappa shape index (κ1) is 17.0. The summed E-state index contributed by atoms with van der Waals surface area (Å²) in [5.41, 5.74) is 0.824. The molecule has 0 aliphatic carbocycles. The molecule has 2 heterocycles. The van der Waals surface area contributed by atoms with E-state index in [4.69, 9.17) is 0 Å². The van der Waals surface area contributed by atoms with Gasteiger partial charge in [0, 0.05) is 50.1 Å². The first-order valence-corrected chi connectivity index (χ1v) is 8.66. The predicted octanol–water partition coefficient (Wildman–Crippen LogP) is 3.56. The normalized spacial score (nSPS) is 15.7. The summed E-state index contributed by atoms with van der Waals surface area (Å²) in [7, 11) is 0. The van der Waals surface area contributed by atoms with Crippen molar-refractivity contribution in [3.63, 3.8) is 0 Å². The number of carbonyl (C=O) groups is 1. The number of thiophene rings is 1. The summed E-state index contributed by atoms with van der Waals surface area (Å²) >= 11 is 1.50. The minimum absolute atomic E-state index is 0.0860. The van der Waals surface area contributed by atoms with Crippen molar-refractivity contribution >= 4 is 22.8 Å². The van der Waals surface area contributed by atoms with Gasteiger partial charge in [0.25, 0.3) is 0 Å². The Kier molecular flexibility index (Phi) is 5.20. The predicted molar refractivity (Wildman–Crippen MR) is 88.2 cm³/mol. The molecule has 3 nitrogen and oxygen atoms in total. The highest BCUT2D eigenvalue weighted by Gasteiger charge is 2.23. The van der Waals surface area contributed by atoms with Gasteiger partial charge in [-0.2, -0.15) is 11.3 Å². The Morgan fingerprint density at radius 1 is 1.04 bits per heavy atom. The number of Topliss-reactive ketones (excluding diaryl/α,β-unsaturated/α-hetero) is 1. The van der Waals surface area contributed by atoms with Gasteiger partial charge < -0.3 is 4.90 Å². The van der Waals surface area contributed by atoms with Crippen molar-refractivity contribution in [3.8, 4) is 0 Å². The lowest BCUT2D eigenvalue weighted by molar-refractivity contribution is 0.0963. The van der Waals surface area contributed by atoms with Gasteiger partial charge in [0.1, 0.15) is 0 Å². The smallest absolute Gasteiger partial charge is 0.196 e. The second-order valence-corrected chi connectivity index (χ2v) is 6.49. The molecular weight excluding hydrogens is 337 g/mol. The van der Waals surface area contributed by atoms with E-state index < -0.39 is 17.5 Å². The third kappa shape index (κ3) is 3.62. The zero-order chi connectivity index (χ0) is 17.1. The Balaban J connectivity index is 1.53. The largest absolute Gasteiger partial charge is 0.367 e. The van der Waals surface area contributed by atoms with E-state index in [-0.39, 0.29) is 11.5 Å². The molecule has 0 N–H and O–H groups in total. The van der Waals surface area contributed by atoms with Gasteiger partial charge in [0.15, 0.2) is 23.2 Å². The van der Waals surface area contributed by atoms with Gasteiger partial charge in [-0.05, 0) is 23.6 Å². The van der Waals surface area contributed by atoms with Crippen LogP contribution in [0.1, 0.15) is 16.8 Å². The van der Waals surface area contributed by atoms with E-state index in [9.17, 15) is 18.0 Å². The maximum atomic E-state index is 13.8. The van der Waals surface area contributed by atoms with E-state index in [1.165, 1.54) is 17.4 Å². The van der Waals surface area contributed by atoms with Crippen molar-refractivity contribution in [1.82, 2.24) is 4.90 Å². The Labute approximate surface area is 142 Å². The summed E-state index contributed by atoms with van der Waals surface area (Å²) in [5.74, 6) is -3.64. The first-order valence-electron chi connectivity index (χ1n) is 7.72. The fraction of sp³-hybridized carbons (Fsp3) is 0.353. The Morgan fingerprint density at radius 2 is 1.79 bits per heavy atom. The molecule has 0 amide bonds. The van der Waals surface area contributed by atoms with Crippen molar-refractivity contribution in [2.24, 2.45) is 0 Å². The Morgan fingerprint density at radius 3 is 2.46 bits per heavy atom. The second-order valence-electron chi connectivity index (χ2n) is 5.71. The number of hydrogen-bond donors (Lipinski definition) is 0. The molecule has 24 heavy (non-hydrogen) atoms. The molecule has 1 aromatic heterocycles. The summed E-state index contributed by atoms with van der Waals surface area (Å²) in [6, 6.07) is 4.03. The molecule has 128 valence electrons. The SMILES string of the molecule is O=C(CCN1CCN(c2ccc(F)c(F)c2F)CC1)c1ccsc1. The summed E-state index contributed by atoms with van der Waals surface area (Å²) in [6.07, 6.45) is 0.441. The van der Waals surface area contributed by atoms with Crippen LogP contribution in [0.15, 0.2) is 29.0 Å². The summed E-state index contributed by atoms with van der Waals surface area (Å²) in [6.45, 7) is 2.96. The molecule has 1 aromatic carbocycles. The number of ketones is 1. The van der Waals surface area contributed by atoms with Crippen LogP contribution < -0.4 is 4.90 Å². The lowest BCUT2D eigenvalue weighted by Crippen LogP contribution is -2.47. The molecule has 0 spiro atoms. The van der Waals surface area contributed by atoms with Gasteiger partial charge in [-0.1, -0.05) is 0 Å². The van der Waals surface area contributed by atoms with Crippen molar-refractivity contribution in [2.45, 2.75) is 6.42 Å². The van der Waals surface area contributed by atoms with Crippen LogP contribution >= 0.6 is 11.3 Å². The number of nitrogens with zero attached hydrogens (tertiary/aromatic N) is 2. The van der Waals surface area contributed by atoms with Crippen LogP contribution in [0.4, 0.5) is 18.9 Å². The number of piperazine rings is 1. The number of carbonyl (C=O) groups excluding carboxylic acids is 1. The maximum absolute atomic E-state index is 13.8. The van der Waals surface area contributed by atoms with Gasteiger partial charge in [0.05, 0.1) is 5.69 Å². The number of anilines is 1. The molecule has 0 atom stereocenters. The number of halogens is 3. The van der Waals surface area contributed by atoms with Gasteiger partial charge in [-0.25, -0.2) is 13.2 Å². The van der Waals surface area contributed by atoms with Crippen LogP contribution in [0.5, 0.6) is 0 Å². The average molecular weight is 354 g/mol. The fourth-order valence-electron chi connectivity index (χ4n) is 2.80. The molecular formula is C17H17F3N2OS. The van der Waals surface area contributed by atoms with Crippen molar-refractivity contribution in [3.05, 3.63) is 52.0 Å². The number of benzene rings is 1. The van der Waals surface area contributed by atoms with Crippen LogP contribution in [0.25, 0.3) is 0 Å². The lowest BCUT2D eigenvalue weighted by atomic mass is 10.1. The third-order valence-corrected chi connectivity index (χ3v) is 4.91. The highest BCUT2D eigenvalue weighted by atomic mass is 32.1. The highest BCUT2D eigenvalue weighted by Crippen LogP contribution is 2.24. The maximum Gasteiger partial charge on any atom is 0.196 e. The van der Waals surface area contributed by atoms with Gasteiger partial charge >= 0.3 is 0 Å². The summed E-state index contributed by atoms with van der Waals surface area (Å²) in [4.78, 5) is 15.8. The van der Waals surface area contributed by atoms with Crippen molar-refractivity contribution in [2.75, 3.05) is 37.6 Å². The Bertz CT molecular complexity index is 713. The van der Waals surface area contributed by atoms with E-state index in [1.54, 1.807) is 4.90 Å². The first-order chi connectivity index (χ1) is 11.6. The fourth-order valence-corrected chi connectivity index (χ4v) is 3.46.